The molecule has 0 radical (unpaired) electrons. The van der Waals surface area contributed by atoms with E-state index in [-0.39, 0.29) is 59.4 Å². The van der Waals surface area contributed by atoms with E-state index in [0.717, 1.165) is 68.2 Å². The lowest BCUT2D eigenvalue weighted by atomic mass is 9.50. The number of thioether (sulfide) groups is 1. The number of urea groups is 2. The molecule has 4 bridgehead atoms. The molecular weight excluding hydrogens is 690 g/mol. The Morgan fingerprint density at radius 3 is 2.44 bits per heavy atom. The van der Waals surface area contributed by atoms with Gasteiger partial charge >= 0.3 is 12.1 Å². The number of nitrogens with one attached hydrogen (secondary N) is 6. The summed E-state index contributed by atoms with van der Waals surface area (Å²) in [4.78, 5) is 51.6. The maximum absolute atomic E-state index is 13.7. The molecule has 8 rings (SSSR count). The monoisotopic (exact) mass is 743 g/mol. The first kappa shape index (κ1) is 37.2. The van der Waals surface area contributed by atoms with Crippen LogP contribution in [0.4, 0.5) is 14.0 Å². The van der Waals surface area contributed by atoms with Gasteiger partial charge in [0.05, 0.1) is 45.1 Å². The summed E-state index contributed by atoms with van der Waals surface area (Å²) in [5.41, 5.74) is 1.45. The number of amides is 6. The van der Waals surface area contributed by atoms with Crippen LogP contribution < -0.4 is 31.9 Å². The molecular formula is C37H54FN7O6S. The highest BCUT2D eigenvalue weighted by molar-refractivity contribution is 8.00. The predicted octanol–water partition coefficient (Wildman–Crippen LogP) is 2.52. The average Bonchev–Trinajstić information content (AvgIpc) is 3.79. The van der Waals surface area contributed by atoms with E-state index in [1.165, 1.54) is 18.6 Å². The Bertz CT molecular complexity index is 1470. The van der Waals surface area contributed by atoms with Crippen LogP contribution in [0.3, 0.4) is 0 Å². The molecule has 52 heavy (non-hydrogen) atoms. The zero-order chi connectivity index (χ0) is 36.1. The van der Waals surface area contributed by atoms with Gasteiger partial charge in [0, 0.05) is 54.7 Å². The van der Waals surface area contributed by atoms with Crippen LogP contribution in [-0.2, 0) is 32.2 Å². The van der Waals surface area contributed by atoms with Gasteiger partial charge in [-0.05, 0) is 86.5 Å². The number of benzene rings is 1. The largest absolute Gasteiger partial charge is 0.377 e. The Hall–Kier alpha value is -3.14. The Balaban J connectivity index is 0.712. The molecule has 6 amide bonds. The number of hydrogen-bond donors (Lipinski definition) is 6. The predicted molar refractivity (Wildman–Crippen MR) is 194 cm³/mol. The number of halogens is 1. The maximum Gasteiger partial charge on any atom is 0.315 e. The standard InChI is InChI=1S/C37H54FN7O6S/c38-28-6-5-26-20-45(21-27(26)14-28)32(47)19-41-36-15-24-13-25(16-36)18-37(17-24,23-36)44-34(48)40-8-10-51-12-11-50-9-7-39-31(46)4-2-1-3-30-33-29(22-52-30)42-35(49)43-33/h5-6,14,24-25,29-30,33,41H,1-4,7-13,15-23H2,(H,39,46)(H2,40,44,48)(H2,42,43,49). The normalized spacial score (nSPS) is 30.8. The fourth-order valence-electron chi connectivity index (χ4n) is 10.00. The van der Waals surface area contributed by atoms with Gasteiger partial charge in [-0.25, -0.2) is 14.0 Å². The van der Waals surface area contributed by atoms with Crippen molar-refractivity contribution < 1.29 is 33.0 Å². The van der Waals surface area contributed by atoms with Crippen LogP contribution in [0.1, 0.15) is 75.3 Å². The summed E-state index contributed by atoms with van der Waals surface area (Å²) in [6.07, 6.45) is 9.25. The molecule has 4 saturated carbocycles. The quantitative estimate of drug-likeness (QED) is 0.0989. The third-order valence-corrected chi connectivity index (χ3v) is 13.4. The Morgan fingerprint density at radius 2 is 1.65 bits per heavy atom. The van der Waals surface area contributed by atoms with Crippen LogP contribution in [-0.4, -0.2) is 109 Å². The van der Waals surface area contributed by atoms with Crippen molar-refractivity contribution in [3.63, 3.8) is 0 Å². The summed E-state index contributed by atoms with van der Waals surface area (Å²) in [6, 6.07) is 4.93. The van der Waals surface area contributed by atoms with Gasteiger partial charge in [0.1, 0.15) is 5.82 Å². The molecule has 0 aromatic heterocycles. The van der Waals surface area contributed by atoms with E-state index in [4.69, 9.17) is 9.47 Å². The van der Waals surface area contributed by atoms with Crippen molar-refractivity contribution in [2.45, 2.75) is 106 Å². The summed E-state index contributed by atoms with van der Waals surface area (Å²) >= 11 is 1.89. The van der Waals surface area contributed by atoms with Crippen molar-refractivity contribution in [2.75, 3.05) is 51.8 Å². The summed E-state index contributed by atoms with van der Waals surface area (Å²) in [6.45, 7) is 3.63. The highest BCUT2D eigenvalue weighted by Crippen LogP contribution is 2.57. The number of unbranched alkanes of at least 4 members (excludes halogenated alkanes) is 1. The number of rotatable bonds is 18. The van der Waals surface area contributed by atoms with E-state index in [1.54, 1.807) is 11.0 Å². The smallest absolute Gasteiger partial charge is 0.315 e. The fraction of sp³-hybridized carbons (Fsp3) is 0.730. The first-order valence-electron chi connectivity index (χ1n) is 19.1. The number of nitrogens with zero attached hydrogens (tertiary/aromatic N) is 1. The van der Waals surface area contributed by atoms with Gasteiger partial charge < -0.3 is 46.3 Å². The summed E-state index contributed by atoms with van der Waals surface area (Å²) in [7, 11) is 0. The van der Waals surface area contributed by atoms with Gasteiger partial charge in [-0.2, -0.15) is 11.8 Å². The fourth-order valence-corrected chi connectivity index (χ4v) is 11.5. The second-order valence-electron chi connectivity index (χ2n) is 15.9. The molecule has 3 heterocycles. The van der Waals surface area contributed by atoms with Gasteiger partial charge in [0.25, 0.3) is 0 Å². The minimum Gasteiger partial charge on any atom is -0.377 e. The lowest BCUT2D eigenvalue weighted by Gasteiger charge is -2.62. The van der Waals surface area contributed by atoms with Gasteiger partial charge in [-0.15, -0.1) is 0 Å². The van der Waals surface area contributed by atoms with E-state index >= 15 is 0 Å². The zero-order valence-electron chi connectivity index (χ0n) is 29.9. The number of carbonyl (C=O) groups is 4. The van der Waals surface area contributed by atoms with E-state index in [2.05, 4.69) is 31.9 Å². The third kappa shape index (κ3) is 9.14. The minimum atomic E-state index is -0.276. The van der Waals surface area contributed by atoms with Crippen LogP contribution in [0.15, 0.2) is 18.2 Å². The van der Waals surface area contributed by atoms with E-state index in [0.29, 0.717) is 76.1 Å². The van der Waals surface area contributed by atoms with Crippen molar-refractivity contribution in [3.05, 3.63) is 35.1 Å². The van der Waals surface area contributed by atoms with Crippen molar-refractivity contribution >= 4 is 35.6 Å². The Labute approximate surface area is 309 Å². The minimum absolute atomic E-state index is 0.0240. The molecule has 6 fully saturated rings. The van der Waals surface area contributed by atoms with Crippen LogP contribution in [0.25, 0.3) is 0 Å². The molecule has 3 aliphatic heterocycles. The van der Waals surface area contributed by atoms with Gasteiger partial charge in [-0.1, -0.05) is 12.5 Å². The molecule has 4 aliphatic carbocycles. The molecule has 13 nitrogen and oxygen atoms in total. The van der Waals surface area contributed by atoms with Crippen LogP contribution in [0.5, 0.6) is 0 Å². The Kier molecular flexibility index (Phi) is 11.8. The van der Waals surface area contributed by atoms with Crippen LogP contribution in [0, 0.1) is 17.7 Å². The molecule has 1 aromatic carbocycles. The molecule has 6 N–H and O–H groups in total. The molecule has 286 valence electrons. The van der Waals surface area contributed by atoms with E-state index in [9.17, 15) is 23.6 Å². The summed E-state index contributed by atoms with van der Waals surface area (Å²) in [5.74, 6) is 1.78. The van der Waals surface area contributed by atoms with Crippen LogP contribution in [0.2, 0.25) is 0 Å². The second kappa shape index (κ2) is 16.5. The van der Waals surface area contributed by atoms with Gasteiger partial charge in [0.15, 0.2) is 0 Å². The maximum atomic E-state index is 13.7. The van der Waals surface area contributed by atoms with E-state index in [1.807, 2.05) is 11.8 Å². The third-order valence-electron chi connectivity index (χ3n) is 11.9. The second-order valence-corrected chi connectivity index (χ2v) is 17.1. The van der Waals surface area contributed by atoms with Gasteiger partial charge in [-0.3, -0.25) is 9.59 Å². The molecule has 2 saturated heterocycles. The Morgan fingerprint density at radius 1 is 0.923 bits per heavy atom. The molecule has 0 spiro atoms. The molecule has 1 aromatic rings. The topological polar surface area (TPSA) is 162 Å². The first-order chi connectivity index (χ1) is 25.2. The average molecular weight is 744 g/mol. The highest BCUT2D eigenvalue weighted by Gasteiger charge is 2.58. The molecule has 5 unspecified atom stereocenters. The van der Waals surface area contributed by atoms with Crippen molar-refractivity contribution in [1.82, 2.24) is 36.8 Å². The van der Waals surface area contributed by atoms with Crippen LogP contribution >= 0.6 is 11.8 Å². The lowest BCUT2D eigenvalue weighted by molar-refractivity contribution is -0.132. The van der Waals surface area contributed by atoms with Gasteiger partial charge in [0.2, 0.25) is 11.8 Å². The van der Waals surface area contributed by atoms with Crippen molar-refractivity contribution in [1.29, 1.82) is 0 Å². The highest BCUT2D eigenvalue weighted by atomic mass is 32.2. The number of ether oxygens (including phenoxy) is 2. The van der Waals surface area contributed by atoms with E-state index < -0.39 is 0 Å². The summed E-state index contributed by atoms with van der Waals surface area (Å²) in [5, 5.41) is 19.2. The number of fused-ring (bicyclic) bond motifs is 2. The van der Waals surface area contributed by atoms with Crippen molar-refractivity contribution in [2.24, 2.45) is 11.8 Å². The number of hydrogen-bond acceptors (Lipinski definition) is 8. The SMILES string of the molecule is O=C(CCCCC1SCC2NC(=O)NC21)NCCOCCOCCNC(=O)NC12CC3CC(CC(NCC(=O)N4Cc5ccc(F)cc5C4)(C3)C1)C2. The molecule has 15 heteroatoms. The first-order valence-corrected chi connectivity index (χ1v) is 20.2. The lowest BCUT2D eigenvalue weighted by Crippen LogP contribution is -2.70. The van der Waals surface area contributed by atoms with Crippen molar-refractivity contribution in [3.8, 4) is 0 Å². The number of carbonyl (C=O) groups excluding carboxylic acids is 4. The summed E-state index contributed by atoms with van der Waals surface area (Å²) < 4.78 is 24.9. The zero-order valence-corrected chi connectivity index (χ0v) is 30.8. The molecule has 5 atom stereocenters. The molecule has 7 aliphatic rings.